The molecule has 0 unspecified atom stereocenters. The van der Waals surface area contributed by atoms with Crippen LogP contribution in [0, 0.1) is 0 Å². The summed E-state index contributed by atoms with van der Waals surface area (Å²) in [5.41, 5.74) is 1.50. The Bertz CT molecular complexity index is 569. The third kappa shape index (κ3) is 2.34. The van der Waals surface area contributed by atoms with Crippen LogP contribution in [0.3, 0.4) is 0 Å². The molecule has 5 heteroatoms. The van der Waals surface area contributed by atoms with Crippen LogP contribution in [-0.2, 0) is 7.05 Å². The molecular weight excluding hydrogens is 218 g/mol. The quantitative estimate of drug-likeness (QED) is 0.853. The summed E-state index contributed by atoms with van der Waals surface area (Å²) in [4.78, 5) is 16.4. The summed E-state index contributed by atoms with van der Waals surface area (Å²) < 4.78 is 7.27. The third-order valence-electron chi connectivity index (χ3n) is 2.68. The van der Waals surface area contributed by atoms with Gasteiger partial charge in [0.15, 0.2) is 0 Å². The Hall–Kier alpha value is -1.75. The van der Waals surface area contributed by atoms with E-state index in [9.17, 15) is 4.79 Å². The Morgan fingerprint density at radius 3 is 2.88 bits per heavy atom. The van der Waals surface area contributed by atoms with Crippen molar-refractivity contribution in [1.82, 2.24) is 14.5 Å². The lowest BCUT2D eigenvalue weighted by Gasteiger charge is -2.11. The predicted molar refractivity (Wildman–Crippen MR) is 67.6 cm³/mol. The summed E-state index contributed by atoms with van der Waals surface area (Å²) >= 11 is 0. The third-order valence-corrected chi connectivity index (χ3v) is 2.68. The van der Waals surface area contributed by atoms with Crippen molar-refractivity contribution in [3.05, 3.63) is 28.7 Å². The number of para-hydroxylation sites is 1. The van der Waals surface area contributed by atoms with Crippen LogP contribution in [0.15, 0.2) is 23.0 Å². The number of rotatable bonds is 4. The molecule has 0 atom stereocenters. The summed E-state index contributed by atoms with van der Waals surface area (Å²) in [6, 6.07) is 5.63. The van der Waals surface area contributed by atoms with Crippen LogP contribution < -0.4 is 10.4 Å². The van der Waals surface area contributed by atoms with Crippen LogP contribution in [0.1, 0.15) is 0 Å². The number of H-pyrrole nitrogens is 1. The van der Waals surface area contributed by atoms with E-state index in [1.165, 1.54) is 0 Å². The predicted octanol–water partition coefficient (Wildman–Crippen LogP) is 0.807. The Morgan fingerprint density at radius 1 is 1.41 bits per heavy atom. The highest BCUT2D eigenvalue weighted by molar-refractivity contribution is 5.81. The first kappa shape index (κ1) is 11.7. The zero-order chi connectivity index (χ0) is 12.4. The molecule has 2 rings (SSSR count). The second-order valence-electron chi connectivity index (χ2n) is 4.29. The monoisotopic (exact) mass is 235 g/mol. The fraction of sp³-hybridized carbons (Fsp3) is 0.417. The highest BCUT2D eigenvalue weighted by Crippen LogP contribution is 2.22. The lowest BCUT2D eigenvalue weighted by Crippen LogP contribution is -2.19. The Morgan fingerprint density at radius 2 is 2.18 bits per heavy atom. The van der Waals surface area contributed by atoms with Crippen molar-refractivity contribution in [2.75, 3.05) is 27.2 Å². The molecule has 5 nitrogen and oxygen atoms in total. The molecule has 1 heterocycles. The van der Waals surface area contributed by atoms with Crippen LogP contribution in [0.4, 0.5) is 0 Å². The summed E-state index contributed by atoms with van der Waals surface area (Å²) in [6.07, 6.45) is 0. The number of fused-ring (bicyclic) bond motifs is 1. The van der Waals surface area contributed by atoms with E-state index in [1.54, 1.807) is 11.6 Å². The number of nitrogens with one attached hydrogen (secondary N) is 1. The van der Waals surface area contributed by atoms with Gasteiger partial charge in [0, 0.05) is 13.6 Å². The number of likely N-dealkylation sites (N-methyl/N-ethyl adjacent to an activating group) is 1. The highest BCUT2D eigenvalue weighted by atomic mass is 16.5. The van der Waals surface area contributed by atoms with Gasteiger partial charge in [-0.1, -0.05) is 6.07 Å². The highest BCUT2D eigenvalue weighted by Gasteiger charge is 2.08. The summed E-state index contributed by atoms with van der Waals surface area (Å²) in [6.45, 7) is 1.44. The first-order valence-electron chi connectivity index (χ1n) is 5.55. The normalized spacial score (nSPS) is 11.3. The Labute approximate surface area is 99.6 Å². The van der Waals surface area contributed by atoms with Crippen LogP contribution in [-0.4, -0.2) is 41.7 Å². The number of aryl methyl sites for hydroxylation is 1. The second kappa shape index (κ2) is 4.63. The second-order valence-corrected chi connectivity index (χ2v) is 4.29. The average molecular weight is 235 g/mol. The maximum atomic E-state index is 11.5. The number of hydrogen-bond acceptors (Lipinski definition) is 3. The Kier molecular flexibility index (Phi) is 3.19. The van der Waals surface area contributed by atoms with E-state index >= 15 is 0 Å². The number of aromatic amines is 1. The molecule has 1 aromatic heterocycles. The van der Waals surface area contributed by atoms with Gasteiger partial charge in [-0.05, 0) is 26.2 Å². The maximum absolute atomic E-state index is 11.5. The summed E-state index contributed by atoms with van der Waals surface area (Å²) in [7, 11) is 5.73. The molecule has 0 saturated carbocycles. The zero-order valence-corrected chi connectivity index (χ0v) is 10.4. The van der Waals surface area contributed by atoms with Crippen LogP contribution in [0.5, 0.6) is 5.75 Å². The first-order valence-corrected chi connectivity index (χ1v) is 5.55. The molecular formula is C12H17N3O2. The van der Waals surface area contributed by atoms with Crippen molar-refractivity contribution in [2.45, 2.75) is 0 Å². The summed E-state index contributed by atoms with van der Waals surface area (Å²) in [5, 5.41) is 0. The number of ether oxygens (including phenoxy) is 1. The van der Waals surface area contributed by atoms with E-state index < -0.39 is 0 Å². The molecule has 1 N–H and O–H groups in total. The van der Waals surface area contributed by atoms with E-state index in [1.807, 2.05) is 32.3 Å². The van der Waals surface area contributed by atoms with E-state index in [-0.39, 0.29) is 5.69 Å². The minimum absolute atomic E-state index is 0.122. The minimum atomic E-state index is -0.122. The Balaban J connectivity index is 2.30. The molecule has 92 valence electrons. The lowest BCUT2D eigenvalue weighted by atomic mass is 10.3. The lowest BCUT2D eigenvalue weighted by molar-refractivity contribution is 0.263. The molecule has 0 amide bonds. The van der Waals surface area contributed by atoms with Crippen molar-refractivity contribution >= 4 is 11.0 Å². The average Bonchev–Trinajstić information content (AvgIpc) is 2.55. The van der Waals surface area contributed by atoms with Crippen molar-refractivity contribution in [2.24, 2.45) is 7.05 Å². The minimum Gasteiger partial charge on any atom is -0.490 e. The maximum Gasteiger partial charge on any atom is 0.326 e. The molecule has 0 aliphatic rings. The van der Waals surface area contributed by atoms with E-state index in [0.717, 1.165) is 23.3 Å². The fourth-order valence-corrected chi connectivity index (χ4v) is 1.72. The molecule has 17 heavy (non-hydrogen) atoms. The standard InChI is InChI=1S/C12H17N3O2/c1-14(2)7-8-17-10-6-4-5-9-11(10)15(3)12(16)13-9/h4-6H,7-8H2,1-3H3,(H,13,16). The SMILES string of the molecule is CN(C)CCOc1cccc2[nH]c(=O)n(C)c12. The van der Waals surface area contributed by atoms with Crippen molar-refractivity contribution in [3.8, 4) is 5.75 Å². The van der Waals surface area contributed by atoms with Gasteiger partial charge in [-0.25, -0.2) is 4.79 Å². The van der Waals surface area contributed by atoms with Gasteiger partial charge in [-0.15, -0.1) is 0 Å². The first-order chi connectivity index (χ1) is 8.09. The molecule has 0 fully saturated rings. The van der Waals surface area contributed by atoms with E-state index in [0.29, 0.717) is 6.61 Å². The molecule has 1 aromatic carbocycles. The molecule has 0 bridgehead atoms. The topological polar surface area (TPSA) is 50.3 Å². The number of benzene rings is 1. The molecule has 0 saturated heterocycles. The molecule has 2 aromatic rings. The zero-order valence-electron chi connectivity index (χ0n) is 10.4. The van der Waals surface area contributed by atoms with Gasteiger partial charge < -0.3 is 14.6 Å². The molecule has 0 radical (unpaired) electrons. The van der Waals surface area contributed by atoms with E-state index in [2.05, 4.69) is 9.88 Å². The van der Waals surface area contributed by atoms with Gasteiger partial charge in [-0.2, -0.15) is 0 Å². The smallest absolute Gasteiger partial charge is 0.326 e. The van der Waals surface area contributed by atoms with Crippen LogP contribution in [0.25, 0.3) is 11.0 Å². The van der Waals surface area contributed by atoms with Crippen LogP contribution in [0.2, 0.25) is 0 Å². The van der Waals surface area contributed by atoms with Gasteiger partial charge in [0.05, 0.1) is 5.52 Å². The van der Waals surface area contributed by atoms with Crippen molar-refractivity contribution in [1.29, 1.82) is 0 Å². The summed E-state index contributed by atoms with van der Waals surface area (Å²) in [5.74, 6) is 0.741. The van der Waals surface area contributed by atoms with Gasteiger partial charge in [-0.3, -0.25) is 4.57 Å². The molecule has 0 aliphatic heterocycles. The van der Waals surface area contributed by atoms with Gasteiger partial charge >= 0.3 is 5.69 Å². The van der Waals surface area contributed by atoms with Crippen LogP contribution >= 0.6 is 0 Å². The van der Waals surface area contributed by atoms with Gasteiger partial charge in [0.2, 0.25) is 0 Å². The van der Waals surface area contributed by atoms with Crippen molar-refractivity contribution < 1.29 is 4.74 Å². The number of nitrogens with zero attached hydrogens (tertiary/aromatic N) is 2. The largest absolute Gasteiger partial charge is 0.490 e. The number of hydrogen-bond donors (Lipinski definition) is 1. The molecule has 0 aliphatic carbocycles. The van der Waals surface area contributed by atoms with E-state index in [4.69, 9.17) is 4.74 Å². The van der Waals surface area contributed by atoms with Crippen molar-refractivity contribution in [3.63, 3.8) is 0 Å². The number of aromatic nitrogens is 2. The molecule has 0 spiro atoms. The van der Waals surface area contributed by atoms with Gasteiger partial charge in [0.1, 0.15) is 17.9 Å². The number of imidazole rings is 1. The van der Waals surface area contributed by atoms with Gasteiger partial charge in [0.25, 0.3) is 0 Å². The fourth-order valence-electron chi connectivity index (χ4n) is 1.72.